The third kappa shape index (κ3) is 27.2. The first-order valence-corrected chi connectivity index (χ1v) is 43.6. The lowest BCUT2D eigenvalue weighted by molar-refractivity contribution is -0.231. The number of hydrogen-bond acceptors (Lipinski definition) is 20. The van der Waals surface area contributed by atoms with E-state index in [1.807, 2.05) is 90.0 Å². The van der Waals surface area contributed by atoms with Gasteiger partial charge in [-0.25, -0.2) is 9.59 Å². The summed E-state index contributed by atoms with van der Waals surface area (Å²) in [7, 11) is -3.53. The zero-order valence-electron chi connectivity index (χ0n) is 70.1. The van der Waals surface area contributed by atoms with E-state index in [9.17, 15) is 56.7 Å². The molecule has 15 aliphatic rings. The summed E-state index contributed by atoms with van der Waals surface area (Å²) in [5, 5.41) is 10.2. The van der Waals surface area contributed by atoms with Crippen LogP contribution in [0.15, 0.2) is 0 Å². The van der Waals surface area contributed by atoms with E-state index in [1.165, 1.54) is 62.7 Å². The van der Waals surface area contributed by atoms with Gasteiger partial charge >= 0.3 is 41.8 Å². The number of likely N-dealkylation sites (tertiary alicyclic amines) is 1. The summed E-state index contributed by atoms with van der Waals surface area (Å²) in [6.45, 7) is 41.3. The number of ether oxygens (including phenoxy) is 7. The Morgan fingerprint density at radius 1 is 0.508 bits per heavy atom. The van der Waals surface area contributed by atoms with Gasteiger partial charge in [0.2, 0.25) is 17.9 Å². The van der Waals surface area contributed by atoms with Crippen LogP contribution in [0.25, 0.3) is 0 Å². The molecule has 3 heterocycles. The number of carbonyl (C=O) groups is 9. The standard InChI is InChI=1S/C19H32O2.C16H26O3.C15H22O7S.C14H26O2.C12H19NO2.C10H16O4.12CH4/c1-6-18(4,5)17(20)21-19(12(2)3)15-8-13-7-14(10-15)11-16(19)9-13;1-4-14(2,3)13(17)19-16-8-11-5-12(9-16)7-15(18,6-11)10-16;1-4-15(2,3)14(17)20-7-11(16)21-12-8-5-9-10(6-8)23(18,19)22-13(9)12;1-5-13(3,4)12(15)16-14(6-2)10-8-7-9-11-14;1-4-12(2,3)11(15)13-9-7-5-6-8(9)10(13)14;1-4-10(2,3)9(12)14-7-5-6-13-8(7)11;;;;;;;;;;;;/h12-16H,6-11H2,1-5H3;11-12,18H,4-10H2,1-3H3;8-10,12-13H,4-7H2,1-3H3;5-11H2,1-4H3;8-9H,4-7H2,1-3H3;7H,4-6H2,1-3H3;12*1H4. The average molecular weight is 1730 g/mol. The van der Waals surface area contributed by atoms with Crippen molar-refractivity contribution >= 4 is 63.7 Å². The highest BCUT2D eigenvalue weighted by Gasteiger charge is 2.66. The summed E-state index contributed by atoms with van der Waals surface area (Å²) in [5.41, 5.74) is -3.89. The van der Waals surface area contributed by atoms with Crippen LogP contribution < -0.4 is 0 Å². The van der Waals surface area contributed by atoms with Crippen molar-refractivity contribution in [3.63, 3.8) is 0 Å². The van der Waals surface area contributed by atoms with Crippen LogP contribution in [-0.2, 0) is 90.6 Å². The van der Waals surface area contributed by atoms with Crippen molar-refractivity contribution in [1.82, 2.24) is 4.90 Å². The van der Waals surface area contributed by atoms with Crippen molar-refractivity contribution in [2.24, 2.45) is 91.7 Å². The summed E-state index contributed by atoms with van der Waals surface area (Å²) in [6, 6.07) is 0.232. The van der Waals surface area contributed by atoms with Crippen molar-refractivity contribution in [2.45, 2.75) is 473 Å². The van der Waals surface area contributed by atoms with Crippen molar-refractivity contribution in [3.8, 4) is 0 Å². The van der Waals surface area contributed by atoms with Crippen molar-refractivity contribution in [3.05, 3.63) is 0 Å². The monoisotopic (exact) mass is 1730 g/mol. The first kappa shape index (κ1) is 124. The van der Waals surface area contributed by atoms with Crippen molar-refractivity contribution in [2.75, 3.05) is 13.2 Å². The third-order valence-corrected chi connectivity index (χ3v) is 30.7. The van der Waals surface area contributed by atoms with Gasteiger partial charge in [0, 0.05) is 30.1 Å². The van der Waals surface area contributed by atoms with Gasteiger partial charge in [0.1, 0.15) is 29.0 Å². The Bertz CT molecular complexity index is 3300. The highest BCUT2D eigenvalue weighted by atomic mass is 32.2. The maximum Gasteiger partial charge on any atom is 0.347 e. The van der Waals surface area contributed by atoms with E-state index in [1.54, 1.807) is 27.7 Å². The van der Waals surface area contributed by atoms with Gasteiger partial charge in [-0.05, 0) is 271 Å². The smallest absolute Gasteiger partial charge is 0.347 e. The minimum atomic E-state index is -3.53. The lowest BCUT2D eigenvalue weighted by Crippen LogP contribution is -2.63. The van der Waals surface area contributed by atoms with E-state index in [0.29, 0.717) is 74.7 Å². The second-order valence-electron chi connectivity index (χ2n) is 39.4. The topological polar surface area (TPSA) is 285 Å². The molecule has 0 aromatic heterocycles. The van der Waals surface area contributed by atoms with Gasteiger partial charge in [0.15, 0.2) is 6.61 Å². The van der Waals surface area contributed by atoms with Crippen molar-refractivity contribution in [1.29, 1.82) is 0 Å². The number of nitrogens with zero attached hydrogens (tertiary/aromatic N) is 1. The number of β-lactam (4-membered cyclic amide) rings is 1. The Balaban J connectivity index is -0.000000436. The molecule has 3 aliphatic heterocycles. The summed E-state index contributed by atoms with van der Waals surface area (Å²) in [5.74, 6) is 2.88. The molecule has 12 aliphatic carbocycles. The van der Waals surface area contributed by atoms with Crippen LogP contribution in [0.2, 0.25) is 0 Å². The van der Waals surface area contributed by atoms with Crippen LogP contribution in [-0.4, -0.2) is 137 Å². The number of amides is 2. The van der Waals surface area contributed by atoms with E-state index in [-0.39, 0.29) is 182 Å². The number of carbonyl (C=O) groups excluding carboxylic acids is 9. The number of cyclic esters (lactones) is 1. The molecule has 3 saturated heterocycles. The molecule has 0 radical (unpaired) electrons. The molecule has 1 N–H and O–H groups in total. The zero-order chi connectivity index (χ0) is 80.5. The summed E-state index contributed by atoms with van der Waals surface area (Å²) in [6.07, 6.45) is 26.5. The zero-order valence-corrected chi connectivity index (χ0v) is 71.0. The Hall–Kier alpha value is -4.70. The maximum absolute atomic E-state index is 12.8. The number of fused-ring (bicyclic) bond motifs is 2. The van der Waals surface area contributed by atoms with Crippen LogP contribution in [0.5, 0.6) is 0 Å². The highest BCUT2D eigenvalue weighted by Crippen LogP contribution is 2.63. The molecule has 0 aromatic rings. The van der Waals surface area contributed by atoms with E-state index in [0.717, 1.165) is 102 Å². The second-order valence-corrected chi connectivity index (χ2v) is 41.1. The molecule has 120 heavy (non-hydrogen) atoms. The molecule has 15 fully saturated rings. The molecular formula is C98H189NO20S. The van der Waals surface area contributed by atoms with E-state index in [4.69, 9.17) is 37.3 Å². The summed E-state index contributed by atoms with van der Waals surface area (Å²) >= 11 is 0. The normalized spacial score (nSPS) is 30.4. The van der Waals surface area contributed by atoms with Gasteiger partial charge in [-0.15, -0.1) is 0 Å². The molecule has 22 heteroatoms. The first-order chi connectivity index (χ1) is 50.1. The van der Waals surface area contributed by atoms with Gasteiger partial charge in [-0.2, -0.15) is 8.42 Å². The van der Waals surface area contributed by atoms with Crippen LogP contribution in [0.1, 0.15) is 421 Å². The predicted molar refractivity (Wildman–Crippen MR) is 490 cm³/mol. The fourth-order valence-electron chi connectivity index (χ4n) is 19.8. The predicted octanol–water partition coefficient (Wildman–Crippen LogP) is 23.8. The number of rotatable bonds is 21. The minimum Gasteiger partial charge on any atom is -0.463 e. The molecular weight excluding hydrogens is 1540 g/mol. The molecule has 712 valence electrons. The maximum atomic E-state index is 12.8. The van der Waals surface area contributed by atoms with E-state index < -0.39 is 80.0 Å². The summed E-state index contributed by atoms with van der Waals surface area (Å²) < 4.78 is 67.1. The van der Waals surface area contributed by atoms with Crippen molar-refractivity contribution < 1.29 is 94.0 Å². The quantitative estimate of drug-likeness (QED) is 0.0483. The van der Waals surface area contributed by atoms with Gasteiger partial charge in [0.25, 0.3) is 10.1 Å². The molecule has 10 unspecified atom stereocenters. The van der Waals surface area contributed by atoms with E-state index >= 15 is 0 Å². The Kier molecular flexibility index (Phi) is 49.3. The molecule has 21 nitrogen and oxygen atoms in total. The average Bonchev–Trinajstić information content (AvgIpc) is 0.810. The van der Waals surface area contributed by atoms with Crippen LogP contribution >= 0.6 is 0 Å². The Labute approximate surface area is 736 Å². The van der Waals surface area contributed by atoms with Crippen LogP contribution in [0, 0.1) is 91.7 Å². The van der Waals surface area contributed by atoms with Gasteiger partial charge < -0.3 is 38.3 Å². The molecule has 0 aromatic carbocycles. The van der Waals surface area contributed by atoms with Gasteiger partial charge in [-0.3, -0.25) is 42.6 Å². The number of imide groups is 1. The van der Waals surface area contributed by atoms with E-state index in [2.05, 4.69) is 27.7 Å². The number of hydrogen-bond donors (Lipinski definition) is 1. The third-order valence-electron chi connectivity index (χ3n) is 29.0. The van der Waals surface area contributed by atoms with Gasteiger partial charge in [0.05, 0.1) is 56.5 Å². The second kappa shape index (κ2) is 47.7. The lowest BCUT2D eigenvalue weighted by Gasteiger charge is -2.62. The Morgan fingerprint density at radius 2 is 0.950 bits per heavy atom. The summed E-state index contributed by atoms with van der Waals surface area (Å²) in [4.78, 5) is 109. The largest absolute Gasteiger partial charge is 0.463 e. The molecule has 10 atom stereocenters. The molecule has 12 saturated carbocycles. The minimum absolute atomic E-state index is 0. The van der Waals surface area contributed by atoms with Crippen LogP contribution in [0.3, 0.4) is 0 Å². The molecule has 2 amide bonds. The van der Waals surface area contributed by atoms with Crippen LogP contribution in [0.4, 0.5) is 0 Å². The molecule has 0 spiro atoms. The Morgan fingerprint density at radius 3 is 1.38 bits per heavy atom. The first-order valence-electron chi connectivity index (χ1n) is 42.1. The fraction of sp³-hybridized carbons (Fsp3) is 0.908. The highest BCUT2D eigenvalue weighted by molar-refractivity contribution is 7.87. The molecule has 15 rings (SSSR count). The SMILES string of the molecule is C.C.C.C.C.C.C.C.C.C.C.C.CCC(C)(C)C(=O)N1C(=O)C2CCCC21.CCC(C)(C)C(=O)OC1(C(C)C)C2CC3CC(C2)CC1C3.CCC(C)(C)C(=O)OC12CC3CC(CC(O)(C3)C1)C2.CCC(C)(C)C(=O)OC1CCOC1=O.CCC(C)(C)C(=O)OCC(=O)OC1C2CC3C1OS(=O)(=O)C3C2.CCC1(OC(=O)C(C)(C)CC)CCCCC1. The van der Waals surface area contributed by atoms with Gasteiger partial charge in [-0.1, -0.05) is 178 Å². The fourth-order valence-corrected chi connectivity index (χ4v) is 21.6. The molecule has 10 bridgehead atoms. The lowest BCUT2D eigenvalue weighted by atomic mass is 9.47. The number of aliphatic hydroxyl groups is 1. The number of esters is 7.